The highest BCUT2D eigenvalue weighted by Gasteiger charge is 2.30. The second-order valence-corrected chi connectivity index (χ2v) is 26.9. The van der Waals surface area contributed by atoms with Gasteiger partial charge in [-0.15, -0.1) is 0 Å². The third kappa shape index (κ3) is 61.1. The highest BCUT2D eigenvalue weighted by molar-refractivity contribution is 7.47. The summed E-state index contributed by atoms with van der Waals surface area (Å²) in [5.41, 5.74) is 0. The minimum absolute atomic E-state index is 0.0459. The molecule has 0 aliphatic carbocycles. The summed E-state index contributed by atoms with van der Waals surface area (Å²) in [6.45, 7) is 7.08. The molecule has 1 amide bonds. The fourth-order valence-corrected chi connectivity index (χ4v) is 11.6. The molecule has 2 N–H and O–H groups in total. The fourth-order valence-electron chi connectivity index (χ4n) is 10.8. The van der Waals surface area contributed by atoms with E-state index >= 15 is 0 Å². The smallest absolute Gasteiger partial charge is 0.456 e. The van der Waals surface area contributed by atoms with E-state index in [2.05, 4.69) is 26.1 Å². The van der Waals surface area contributed by atoms with Crippen molar-refractivity contribution in [2.45, 2.75) is 380 Å². The van der Waals surface area contributed by atoms with Gasteiger partial charge in [0.05, 0.1) is 33.8 Å². The molecule has 0 aliphatic heterocycles. The number of carbonyl (C=O) groups excluding carboxylic acids is 2. The minimum Gasteiger partial charge on any atom is -0.456 e. The standard InChI is InChI=1S/C69H137N2O7P/c1-7-10-13-16-19-22-25-27-29-31-32-33-34-35-36-37-38-40-42-44-47-50-53-56-59-62-69(73)78-67(60-57-54-51-48-45-24-21-18-15-12-9-3)66(65-77-79(74,75)76-64-63-71(4,5)6)70-68(72)61-58-55-52-49-46-43-41-39-30-28-26-23-20-17-14-11-8-2/h57,60,66-67H,7-56,58-59,61-65H2,1-6H3,(H-,70,72,74,75)/p+1/b60-57-. The first-order valence-electron chi connectivity index (χ1n) is 35.0. The van der Waals surface area contributed by atoms with Gasteiger partial charge in [0.25, 0.3) is 0 Å². The molecule has 10 heteroatoms. The lowest BCUT2D eigenvalue weighted by molar-refractivity contribution is -0.870. The topological polar surface area (TPSA) is 111 Å². The highest BCUT2D eigenvalue weighted by Crippen LogP contribution is 2.43. The first kappa shape index (κ1) is 77.8. The second-order valence-electron chi connectivity index (χ2n) is 25.4. The van der Waals surface area contributed by atoms with Gasteiger partial charge >= 0.3 is 13.8 Å². The summed E-state index contributed by atoms with van der Waals surface area (Å²) in [6, 6.07) is -0.840. The number of hydrogen-bond donors (Lipinski definition) is 2. The Balaban J connectivity index is 4.97. The SMILES string of the molecule is CCCCCCCCCCC/C=C\C(OC(=O)CCCCCCCCCCCCCCCCCCCCCCCCCCC)C(COP(=O)(O)OCC[N+](C)(C)C)NC(=O)CCCCCCCCCCCCCCCCCCC. The number of hydrogen-bond acceptors (Lipinski definition) is 6. The number of ether oxygens (including phenoxy) is 1. The Morgan fingerprint density at radius 3 is 1.04 bits per heavy atom. The number of nitrogens with zero attached hydrogens (tertiary/aromatic N) is 1. The van der Waals surface area contributed by atoms with Crippen LogP contribution in [0.15, 0.2) is 12.2 Å². The Kier molecular flexibility index (Phi) is 58.9. The zero-order valence-electron chi connectivity index (χ0n) is 53.9. The van der Waals surface area contributed by atoms with E-state index in [0.29, 0.717) is 23.9 Å². The van der Waals surface area contributed by atoms with Crippen LogP contribution < -0.4 is 5.32 Å². The van der Waals surface area contributed by atoms with Crippen molar-refractivity contribution in [3.05, 3.63) is 12.2 Å². The third-order valence-corrected chi connectivity index (χ3v) is 17.2. The van der Waals surface area contributed by atoms with Crippen molar-refractivity contribution in [3.8, 4) is 0 Å². The zero-order valence-corrected chi connectivity index (χ0v) is 54.8. The molecule has 3 atom stereocenters. The zero-order chi connectivity index (χ0) is 57.9. The largest absolute Gasteiger partial charge is 0.472 e. The molecule has 0 bridgehead atoms. The molecular formula is C69H138N2O7P+. The van der Waals surface area contributed by atoms with Crippen LogP contribution in [-0.4, -0.2) is 74.3 Å². The third-order valence-electron chi connectivity index (χ3n) is 16.2. The normalized spacial score (nSPS) is 13.6. The number of quaternary nitrogens is 1. The Hall–Kier alpha value is -1.25. The summed E-state index contributed by atoms with van der Waals surface area (Å²) in [4.78, 5) is 37.8. The number of allylic oxidation sites excluding steroid dienone is 1. The highest BCUT2D eigenvalue weighted by atomic mass is 31.2. The van der Waals surface area contributed by atoms with E-state index < -0.39 is 20.0 Å². The van der Waals surface area contributed by atoms with Crippen molar-refractivity contribution < 1.29 is 37.3 Å². The number of unbranched alkanes of at least 4 members (excludes halogenated alkanes) is 49. The van der Waals surface area contributed by atoms with Crippen LogP contribution in [0.3, 0.4) is 0 Å². The van der Waals surface area contributed by atoms with Crippen LogP contribution in [0.5, 0.6) is 0 Å². The molecule has 79 heavy (non-hydrogen) atoms. The quantitative estimate of drug-likeness (QED) is 0.0205. The van der Waals surface area contributed by atoms with E-state index in [1.807, 2.05) is 33.3 Å². The molecule has 0 aromatic rings. The maximum Gasteiger partial charge on any atom is 0.472 e. The number of rotatable bonds is 65. The average molecular weight is 1140 g/mol. The van der Waals surface area contributed by atoms with Crippen molar-refractivity contribution in [3.63, 3.8) is 0 Å². The Morgan fingerprint density at radius 2 is 0.722 bits per heavy atom. The number of amides is 1. The van der Waals surface area contributed by atoms with Gasteiger partial charge in [0.2, 0.25) is 5.91 Å². The van der Waals surface area contributed by atoms with E-state index in [-0.39, 0.29) is 25.1 Å². The summed E-state index contributed by atoms with van der Waals surface area (Å²) in [6.07, 6.45) is 70.9. The number of esters is 1. The Labute approximate surface area is 492 Å². The van der Waals surface area contributed by atoms with Crippen LogP contribution in [0, 0.1) is 0 Å². The van der Waals surface area contributed by atoms with E-state index in [9.17, 15) is 19.0 Å². The lowest BCUT2D eigenvalue weighted by Crippen LogP contribution is -2.47. The van der Waals surface area contributed by atoms with Crippen LogP contribution in [0.25, 0.3) is 0 Å². The number of phosphoric ester groups is 1. The van der Waals surface area contributed by atoms with Gasteiger partial charge in [0.15, 0.2) is 0 Å². The molecule has 0 aliphatic rings. The predicted molar refractivity (Wildman–Crippen MR) is 342 cm³/mol. The van der Waals surface area contributed by atoms with E-state index in [4.69, 9.17) is 13.8 Å². The Morgan fingerprint density at radius 1 is 0.430 bits per heavy atom. The van der Waals surface area contributed by atoms with Gasteiger partial charge < -0.3 is 19.4 Å². The van der Waals surface area contributed by atoms with Crippen LogP contribution in [0.2, 0.25) is 0 Å². The first-order valence-corrected chi connectivity index (χ1v) is 36.5. The molecule has 0 aromatic carbocycles. The molecule has 0 saturated carbocycles. The van der Waals surface area contributed by atoms with Gasteiger partial charge in [0.1, 0.15) is 19.3 Å². The van der Waals surface area contributed by atoms with Crippen LogP contribution in [0.4, 0.5) is 0 Å². The van der Waals surface area contributed by atoms with Crippen LogP contribution in [-0.2, 0) is 27.9 Å². The molecule has 0 rings (SSSR count). The van der Waals surface area contributed by atoms with Crippen molar-refractivity contribution in [1.29, 1.82) is 0 Å². The van der Waals surface area contributed by atoms with Gasteiger partial charge in [-0.25, -0.2) is 4.57 Å². The van der Waals surface area contributed by atoms with Crippen molar-refractivity contribution in [1.82, 2.24) is 5.32 Å². The van der Waals surface area contributed by atoms with E-state index in [1.165, 1.54) is 276 Å². The second kappa shape index (κ2) is 59.9. The van der Waals surface area contributed by atoms with Gasteiger partial charge in [-0.2, -0.15) is 0 Å². The van der Waals surface area contributed by atoms with Gasteiger partial charge in [-0.3, -0.25) is 18.6 Å². The monoisotopic (exact) mass is 1140 g/mol. The summed E-state index contributed by atoms with van der Waals surface area (Å²) < 4.78 is 30.8. The molecule has 0 fully saturated rings. The molecule has 0 spiro atoms. The summed E-state index contributed by atoms with van der Waals surface area (Å²) in [5.74, 6) is -0.479. The fraction of sp³-hybridized carbons (Fsp3) is 0.942. The number of nitrogens with one attached hydrogen (secondary N) is 1. The Bertz CT molecular complexity index is 1360. The van der Waals surface area contributed by atoms with Crippen molar-refractivity contribution >= 4 is 19.7 Å². The molecule has 3 unspecified atom stereocenters. The number of carbonyl (C=O) groups is 2. The molecule has 0 radical (unpaired) electrons. The summed E-state index contributed by atoms with van der Waals surface area (Å²) in [7, 11) is 1.52. The van der Waals surface area contributed by atoms with Gasteiger partial charge in [-0.05, 0) is 31.8 Å². The first-order chi connectivity index (χ1) is 38.4. The molecule has 470 valence electrons. The molecule has 0 heterocycles. The van der Waals surface area contributed by atoms with Gasteiger partial charge in [-0.1, -0.05) is 335 Å². The maximum absolute atomic E-state index is 13.6. The maximum atomic E-state index is 13.6. The van der Waals surface area contributed by atoms with Crippen LogP contribution in [0.1, 0.15) is 367 Å². The van der Waals surface area contributed by atoms with Gasteiger partial charge in [0, 0.05) is 12.8 Å². The summed E-state index contributed by atoms with van der Waals surface area (Å²) >= 11 is 0. The van der Waals surface area contributed by atoms with Crippen molar-refractivity contribution in [2.24, 2.45) is 0 Å². The molecule has 0 saturated heterocycles. The molecule has 0 aromatic heterocycles. The van der Waals surface area contributed by atoms with Crippen LogP contribution >= 0.6 is 7.82 Å². The molecular weight excluding hydrogens is 1000 g/mol. The van der Waals surface area contributed by atoms with E-state index in [0.717, 1.165) is 57.8 Å². The number of likely N-dealkylation sites (N-methyl/N-ethyl adjacent to an activating group) is 1. The number of phosphoric acid groups is 1. The molecule has 9 nitrogen and oxygen atoms in total. The van der Waals surface area contributed by atoms with Crippen molar-refractivity contribution in [2.75, 3.05) is 40.9 Å². The lowest BCUT2D eigenvalue weighted by Gasteiger charge is -2.27. The van der Waals surface area contributed by atoms with E-state index in [1.54, 1.807) is 0 Å². The summed E-state index contributed by atoms with van der Waals surface area (Å²) in [5, 5.41) is 3.07. The minimum atomic E-state index is -4.44. The lowest BCUT2D eigenvalue weighted by atomic mass is 10.0. The predicted octanol–water partition coefficient (Wildman–Crippen LogP) is 21.9. The average Bonchev–Trinajstić information content (AvgIpc) is 3.41.